The van der Waals surface area contributed by atoms with Gasteiger partial charge in [0.15, 0.2) is 11.2 Å². The molecule has 5 nitrogen and oxygen atoms in total. The first-order valence-corrected chi connectivity index (χ1v) is 9.01. The van der Waals surface area contributed by atoms with E-state index in [1.54, 1.807) is 6.92 Å². The van der Waals surface area contributed by atoms with Gasteiger partial charge in [-0.25, -0.2) is 4.98 Å². The van der Waals surface area contributed by atoms with Gasteiger partial charge in [-0.1, -0.05) is 31.2 Å². The Hall–Kier alpha value is -2.21. The van der Waals surface area contributed by atoms with Crippen LogP contribution in [-0.4, -0.2) is 23.0 Å². The van der Waals surface area contributed by atoms with Crippen LogP contribution in [0.25, 0.3) is 11.3 Å². The Kier molecular flexibility index (Phi) is 4.94. The lowest BCUT2D eigenvalue weighted by molar-refractivity contribution is -0.154. The molecule has 1 heterocycles. The number of nitrogens with zero attached hydrogens (tertiary/aromatic N) is 1. The quantitative estimate of drug-likeness (QED) is 0.812. The van der Waals surface area contributed by atoms with Crippen molar-refractivity contribution in [1.29, 1.82) is 0 Å². The number of hydrogen-bond donors (Lipinski definition) is 1. The SMILES string of the molecule is CCc1ccc(-c2csc(NC(=O)[C@H](C)OC(=O)C3CC3)n2)cc1. The van der Waals surface area contributed by atoms with E-state index in [0.717, 1.165) is 30.5 Å². The van der Waals surface area contributed by atoms with Gasteiger partial charge in [0, 0.05) is 10.9 Å². The zero-order chi connectivity index (χ0) is 17.1. The van der Waals surface area contributed by atoms with E-state index < -0.39 is 6.10 Å². The van der Waals surface area contributed by atoms with Crippen LogP contribution in [0.5, 0.6) is 0 Å². The van der Waals surface area contributed by atoms with E-state index in [4.69, 9.17) is 4.74 Å². The van der Waals surface area contributed by atoms with Gasteiger partial charge in [-0.15, -0.1) is 11.3 Å². The number of anilines is 1. The van der Waals surface area contributed by atoms with E-state index in [9.17, 15) is 9.59 Å². The average Bonchev–Trinajstić information content (AvgIpc) is 3.35. The fourth-order valence-electron chi connectivity index (χ4n) is 2.22. The second-order valence-electron chi connectivity index (χ2n) is 5.93. The molecule has 1 saturated carbocycles. The lowest BCUT2D eigenvalue weighted by atomic mass is 10.1. The molecule has 1 aliphatic carbocycles. The van der Waals surface area contributed by atoms with Crippen LogP contribution < -0.4 is 5.32 Å². The Morgan fingerprint density at radius 3 is 2.67 bits per heavy atom. The molecule has 6 heteroatoms. The van der Waals surface area contributed by atoms with E-state index in [2.05, 4.69) is 29.4 Å². The van der Waals surface area contributed by atoms with Crippen molar-refractivity contribution in [3.63, 3.8) is 0 Å². The van der Waals surface area contributed by atoms with Crippen molar-refractivity contribution >= 4 is 28.3 Å². The van der Waals surface area contributed by atoms with Gasteiger partial charge in [0.25, 0.3) is 5.91 Å². The third-order valence-corrected chi connectivity index (χ3v) is 4.72. The number of carbonyl (C=O) groups excluding carboxylic acids is 2. The summed E-state index contributed by atoms with van der Waals surface area (Å²) in [6.07, 6.45) is 1.91. The van der Waals surface area contributed by atoms with Gasteiger partial charge < -0.3 is 4.74 Å². The summed E-state index contributed by atoms with van der Waals surface area (Å²) in [7, 11) is 0. The first-order chi connectivity index (χ1) is 11.6. The van der Waals surface area contributed by atoms with Crippen LogP contribution in [0.3, 0.4) is 0 Å². The Balaban J connectivity index is 1.60. The molecule has 0 bridgehead atoms. The highest BCUT2D eigenvalue weighted by molar-refractivity contribution is 7.14. The van der Waals surface area contributed by atoms with E-state index in [-0.39, 0.29) is 17.8 Å². The van der Waals surface area contributed by atoms with Crippen molar-refractivity contribution in [1.82, 2.24) is 4.98 Å². The zero-order valence-electron chi connectivity index (χ0n) is 13.7. The predicted octanol–water partition coefficient (Wildman–Crippen LogP) is 3.65. The number of thiazole rings is 1. The molecular formula is C18H20N2O3S. The van der Waals surface area contributed by atoms with E-state index >= 15 is 0 Å². The minimum absolute atomic E-state index is 0.0159. The van der Waals surface area contributed by atoms with Crippen molar-refractivity contribution in [2.24, 2.45) is 5.92 Å². The molecule has 1 atom stereocenters. The molecule has 126 valence electrons. The molecule has 0 aliphatic heterocycles. The molecule has 1 N–H and O–H groups in total. The third-order valence-electron chi connectivity index (χ3n) is 3.97. The summed E-state index contributed by atoms with van der Waals surface area (Å²) in [4.78, 5) is 28.1. The number of aromatic nitrogens is 1. The van der Waals surface area contributed by atoms with Crippen LogP contribution in [0.2, 0.25) is 0 Å². The van der Waals surface area contributed by atoms with Gasteiger partial charge in [0.1, 0.15) is 0 Å². The summed E-state index contributed by atoms with van der Waals surface area (Å²) in [6.45, 7) is 3.69. The molecule has 0 unspecified atom stereocenters. The van der Waals surface area contributed by atoms with Gasteiger partial charge in [0.2, 0.25) is 0 Å². The number of benzene rings is 1. The van der Waals surface area contributed by atoms with Crippen LogP contribution in [0, 0.1) is 5.92 Å². The van der Waals surface area contributed by atoms with Crippen LogP contribution >= 0.6 is 11.3 Å². The maximum absolute atomic E-state index is 12.1. The summed E-state index contributed by atoms with van der Waals surface area (Å²) >= 11 is 1.35. The molecule has 0 saturated heterocycles. The minimum atomic E-state index is -0.811. The first kappa shape index (κ1) is 16.6. The molecule has 1 fully saturated rings. The monoisotopic (exact) mass is 344 g/mol. The molecule has 2 aromatic rings. The van der Waals surface area contributed by atoms with Crippen molar-refractivity contribution in [3.8, 4) is 11.3 Å². The van der Waals surface area contributed by atoms with Gasteiger partial charge in [-0.2, -0.15) is 0 Å². The van der Waals surface area contributed by atoms with Crippen LogP contribution in [0.15, 0.2) is 29.6 Å². The van der Waals surface area contributed by atoms with Gasteiger partial charge in [0.05, 0.1) is 11.6 Å². The fraction of sp³-hybridized carbons (Fsp3) is 0.389. The maximum atomic E-state index is 12.1. The highest BCUT2D eigenvalue weighted by Crippen LogP contribution is 2.30. The standard InChI is InChI=1S/C18H20N2O3S/c1-3-12-4-6-13(7-5-12)15-10-24-18(19-15)20-16(21)11(2)23-17(22)14-8-9-14/h4-7,10-11,14H,3,8-9H2,1-2H3,(H,19,20,21)/t11-/m0/s1. The molecule has 1 aromatic carbocycles. The predicted molar refractivity (Wildman–Crippen MR) is 93.8 cm³/mol. The van der Waals surface area contributed by atoms with E-state index in [0.29, 0.717) is 5.13 Å². The summed E-state index contributed by atoms with van der Waals surface area (Å²) in [6, 6.07) is 8.21. The summed E-state index contributed by atoms with van der Waals surface area (Å²) in [5, 5.41) is 5.11. The molecule has 0 spiro atoms. The topological polar surface area (TPSA) is 68.3 Å². The Morgan fingerprint density at radius 2 is 2.04 bits per heavy atom. The average molecular weight is 344 g/mol. The van der Waals surface area contributed by atoms with E-state index in [1.165, 1.54) is 16.9 Å². The molecule has 0 radical (unpaired) electrons. The molecule has 1 aliphatic rings. The number of esters is 1. The van der Waals surface area contributed by atoms with Crippen LogP contribution in [-0.2, 0) is 20.7 Å². The van der Waals surface area contributed by atoms with Crippen LogP contribution in [0.1, 0.15) is 32.3 Å². The van der Waals surface area contributed by atoms with Crippen molar-refractivity contribution in [2.45, 2.75) is 39.2 Å². The third kappa shape index (κ3) is 4.00. The van der Waals surface area contributed by atoms with Gasteiger partial charge in [-0.05, 0) is 31.7 Å². The summed E-state index contributed by atoms with van der Waals surface area (Å²) in [5.41, 5.74) is 3.10. The number of carbonyl (C=O) groups is 2. The smallest absolute Gasteiger partial charge is 0.309 e. The summed E-state index contributed by atoms with van der Waals surface area (Å²) < 4.78 is 5.15. The van der Waals surface area contributed by atoms with Crippen molar-refractivity contribution in [2.75, 3.05) is 5.32 Å². The van der Waals surface area contributed by atoms with Crippen molar-refractivity contribution < 1.29 is 14.3 Å². The Morgan fingerprint density at radius 1 is 1.33 bits per heavy atom. The maximum Gasteiger partial charge on any atom is 0.309 e. The number of rotatable bonds is 6. The van der Waals surface area contributed by atoms with Crippen molar-refractivity contribution in [3.05, 3.63) is 35.2 Å². The molecular weight excluding hydrogens is 324 g/mol. The number of amides is 1. The number of hydrogen-bond acceptors (Lipinski definition) is 5. The van der Waals surface area contributed by atoms with Crippen LogP contribution in [0.4, 0.5) is 5.13 Å². The highest BCUT2D eigenvalue weighted by Gasteiger charge is 2.33. The Labute approximate surface area is 145 Å². The second-order valence-corrected chi connectivity index (χ2v) is 6.79. The second kappa shape index (κ2) is 7.13. The number of aryl methyl sites for hydroxylation is 1. The molecule has 24 heavy (non-hydrogen) atoms. The normalized spacial score (nSPS) is 14.9. The molecule has 3 rings (SSSR count). The lowest BCUT2D eigenvalue weighted by Crippen LogP contribution is -2.30. The fourth-order valence-corrected chi connectivity index (χ4v) is 2.95. The Bertz CT molecular complexity index is 735. The minimum Gasteiger partial charge on any atom is -0.452 e. The molecule has 1 amide bonds. The van der Waals surface area contributed by atoms with E-state index in [1.807, 2.05) is 17.5 Å². The lowest BCUT2D eigenvalue weighted by Gasteiger charge is -2.11. The number of ether oxygens (including phenoxy) is 1. The molecule has 1 aromatic heterocycles. The van der Waals surface area contributed by atoms with Gasteiger partial charge in [-0.3, -0.25) is 14.9 Å². The largest absolute Gasteiger partial charge is 0.452 e. The zero-order valence-corrected chi connectivity index (χ0v) is 14.6. The number of nitrogens with one attached hydrogen (secondary N) is 1. The summed E-state index contributed by atoms with van der Waals surface area (Å²) in [5.74, 6) is -0.655. The van der Waals surface area contributed by atoms with Gasteiger partial charge >= 0.3 is 5.97 Å². The highest BCUT2D eigenvalue weighted by atomic mass is 32.1. The first-order valence-electron chi connectivity index (χ1n) is 8.13.